The molecule has 3 nitrogen and oxygen atoms in total. The molecule has 0 aromatic rings. The van der Waals surface area contributed by atoms with Crippen molar-refractivity contribution >= 4 is 6.34 Å². The van der Waals surface area contributed by atoms with Gasteiger partial charge in [0.25, 0.3) is 0 Å². The molecule has 21 heavy (non-hydrogen) atoms. The summed E-state index contributed by atoms with van der Waals surface area (Å²) in [5.74, 6) is 0. The summed E-state index contributed by atoms with van der Waals surface area (Å²) >= 11 is 0. The number of allylic oxidation sites excluding steroid dienone is 2. The van der Waals surface area contributed by atoms with Crippen molar-refractivity contribution in [3.63, 3.8) is 0 Å². The Morgan fingerprint density at radius 1 is 1.57 bits per heavy atom. The average Bonchev–Trinajstić information content (AvgIpc) is 2.68. The summed E-state index contributed by atoms with van der Waals surface area (Å²) in [6.07, 6.45) is 10.1. The maximum Gasteiger partial charge on any atom is 0.147 e. The fraction of sp³-hybridized carbons (Fsp3) is 0.562. The third kappa shape index (κ3) is 6.67. The first kappa shape index (κ1) is 17.6. The summed E-state index contributed by atoms with van der Waals surface area (Å²) in [7, 11) is 1.68. The van der Waals surface area contributed by atoms with Crippen LogP contribution in [0.15, 0.2) is 40.9 Å². The molecule has 0 saturated carbocycles. The summed E-state index contributed by atoms with van der Waals surface area (Å²) in [6, 6.07) is 0.0705. The van der Waals surface area contributed by atoms with Crippen molar-refractivity contribution in [1.29, 1.82) is 0 Å². The summed E-state index contributed by atoms with van der Waals surface area (Å²) in [6.45, 7) is 2.97. The van der Waals surface area contributed by atoms with Gasteiger partial charge in [-0.1, -0.05) is 24.3 Å². The van der Waals surface area contributed by atoms with E-state index in [4.69, 9.17) is 4.74 Å². The molecule has 0 aromatic heterocycles. The number of hydrogen-bond acceptors (Lipinski definition) is 3. The lowest BCUT2D eigenvalue weighted by Crippen LogP contribution is -2.32. The van der Waals surface area contributed by atoms with Crippen molar-refractivity contribution < 1.29 is 13.5 Å². The highest BCUT2D eigenvalue weighted by atomic mass is 19.2. The third-order valence-corrected chi connectivity index (χ3v) is 3.09. The van der Waals surface area contributed by atoms with E-state index in [9.17, 15) is 8.78 Å². The third-order valence-electron chi connectivity index (χ3n) is 3.09. The Labute approximate surface area is 125 Å². The molecule has 0 amide bonds. The van der Waals surface area contributed by atoms with Gasteiger partial charge in [-0.2, -0.15) is 0 Å². The zero-order chi connectivity index (χ0) is 15.5. The number of rotatable bonds is 8. The first-order valence-corrected chi connectivity index (χ1v) is 7.17. The zero-order valence-corrected chi connectivity index (χ0v) is 12.7. The van der Waals surface area contributed by atoms with Gasteiger partial charge >= 0.3 is 0 Å². The number of methoxy groups -OCH3 is 1. The number of halogens is 2. The minimum atomic E-state index is -1.55. The molecule has 0 aliphatic carbocycles. The lowest BCUT2D eigenvalue weighted by molar-refractivity contribution is 0.185. The van der Waals surface area contributed by atoms with Crippen LogP contribution in [-0.2, 0) is 4.74 Å². The molecule has 5 heteroatoms. The average molecular weight is 298 g/mol. The molecule has 0 fully saturated rings. The van der Waals surface area contributed by atoms with Crippen LogP contribution in [0.3, 0.4) is 0 Å². The lowest BCUT2D eigenvalue weighted by atomic mass is 10.1. The second kappa shape index (κ2) is 10.3. The molecular weight excluding hydrogens is 274 g/mol. The first-order chi connectivity index (χ1) is 10.2. The molecule has 0 radical (unpaired) electrons. The molecule has 1 heterocycles. The number of aliphatic imine (C=N–C) groups is 1. The lowest BCUT2D eigenvalue weighted by Gasteiger charge is -2.24. The number of ether oxygens (including phenoxy) is 1. The van der Waals surface area contributed by atoms with Gasteiger partial charge in [-0.05, 0) is 25.0 Å². The summed E-state index contributed by atoms with van der Waals surface area (Å²) < 4.78 is 30.2. The molecule has 118 valence electrons. The molecule has 0 aromatic carbocycles. The van der Waals surface area contributed by atoms with Crippen LogP contribution in [0.1, 0.15) is 13.3 Å². The Morgan fingerprint density at radius 3 is 3.05 bits per heavy atom. The van der Waals surface area contributed by atoms with Gasteiger partial charge in [0, 0.05) is 20.3 Å². The minimum absolute atomic E-state index is 0.0705. The van der Waals surface area contributed by atoms with Gasteiger partial charge in [0.15, 0.2) is 0 Å². The van der Waals surface area contributed by atoms with E-state index in [1.165, 1.54) is 6.08 Å². The van der Waals surface area contributed by atoms with Gasteiger partial charge in [0.05, 0.1) is 18.9 Å². The predicted molar refractivity (Wildman–Crippen MR) is 83.3 cm³/mol. The van der Waals surface area contributed by atoms with E-state index < -0.39 is 12.8 Å². The molecule has 1 aliphatic heterocycles. The summed E-state index contributed by atoms with van der Waals surface area (Å²) in [5.41, 5.74) is 0.889. The summed E-state index contributed by atoms with van der Waals surface area (Å²) in [5, 5.41) is 0. The number of alkyl halides is 2. The Kier molecular flexibility index (Phi) is 8.59. The van der Waals surface area contributed by atoms with E-state index in [1.54, 1.807) is 13.2 Å². The van der Waals surface area contributed by atoms with Crippen LogP contribution in [0.4, 0.5) is 8.78 Å². The molecule has 2 atom stereocenters. The molecule has 0 N–H and O–H groups in total. The van der Waals surface area contributed by atoms with Gasteiger partial charge in [-0.15, -0.1) is 0 Å². The Morgan fingerprint density at radius 2 is 2.38 bits per heavy atom. The monoisotopic (exact) mass is 298 g/mol. The smallest absolute Gasteiger partial charge is 0.147 e. The predicted octanol–water partition coefficient (Wildman–Crippen LogP) is 3.10. The normalized spacial score (nSPS) is 21.0. The first-order valence-electron chi connectivity index (χ1n) is 7.17. The van der Waals surface area contributed by atoms with Crippen LogP contribution in [0, 0.1) is 0 Å². The van der Waals surface area contributed by atoms with E-state index >= 15 is 0 Å². The topological polar surface area (TPSA) is 24.8 Å². The van der Waals surface area contributed by atoms with Crippen molar-refractivity contribution in [2.45, 2.75) is 25.6 Å². The van der Waals surface area contributed by atoms with Crippen LogP contribution >= 0.6 is 0 Å². The number of hydrogen-bond donors (Lipinski definition) is 0. The highest BCUT2D eigenvalue weighted by Gasteiger charge is 2.13. The van der Waals surface area contributed by atoms with Crippen molar-refractivity contribution in [1.82, 2.24) is 4.90 Å². The highest BCUT2D eigenvalue weighted by Crippen LogP contribution is 2.12. The van der Waals surface area contributed by atoms with Gasteiger partial charge in [0.2, 0.25) is 0 Å². The van der Waals surface area contributed by atoms with Crippen LogP contribution in [0.5, 0.6) is 0 Å². The maximum absolute atomic E-state index is 13.0. The van der Waals surface area contributed by atoms with Gasteiger partial charge in [-0.25, -0.2) is 8.78 Å². The fourth-order valence-electron chi connectivity index (χ4n) is 2.05. The van der Waals surface area contributed by atoms with Gasteiger partial charge in [-0.3, -0.25) is 4.99 Å². The summed E-state index contributed by atoms with van der Waals surface area (Å²) in [4.78, 5) is 6.45. The van der Waals surface area contributed by atoms with Crippen molar-refractivity contribution in [2.24, 2.45) is 4.99 Å². The van der Waals surface area contributed by atoms with Gasteiger partial charge < -0.3 is 9.64 Å². The fourth-order valence-corrected chi connectivity index (χ4v) is 2.05. The van der Waals surface area contributed by atoms with E-state index in [-0.39, 0.29) is 6.04 Å². The molecule has 1 rings (SSSR count). The zero-order valence-electron chi connectivity index (χ0n) is 12.7. The SMILES string of the molecule is C/C=C\C1C=C(/C=C/C(F)CF)CN=CN1CCCOC. The number of nitrogens with zero attached hydrogens (tertiary/aromatic N) is 2. The van der Waals surface area contributed by atoms with Crippen LogP contribution in [0.2, 0.25) is 0 Å². The van der Waals surface area contributed by atoms with E-state index in [1.807, 2.05) is 25.4 Å². The molecule has 0 saturated heterocycles. The molecule has 1 aliphatic rings. The molecular formula is C16H24F2N2O. The minimum Gasteiger partial charge on any atom is -0.385 e. The Bertz CT molecular complexity index is 405. The van der Waals surface area contributed by atoms with E-state index in [0.29, 0.717) is 13.2 Å². The van der Waals surface area contributed by atoms with Crippen molar-refractivity contribution in [3.8, 4) is 0 Å². The van der Waals surface area contributed by atoms with Crippen LogP contribution in [-0.4, -0.2) is 56.9 Å². The van der Waals surface area contributed by atoms with Crippen molar-refractivity contribution in [2.75, 3.05) is 33.5 Å². The van der Waals surface area contributed by atoms with E-state index in [2.05, 4.69) is 16.0 Å². The quantitative estimate of drug-likeness (QED) is 0.508. The second-order valence-corrected chi connectivity index (χ2v) is 4.83. The Balaban J connectivity index is 2.77. The maximum atomic E-state index is 13.0. The second-order valence-electron chi connectivity index (χ2n) is 4.83. The van der Waals surface area contributed by atoms with Crippen molar-refractivity contribution in [3.05, 3.63) is 36.0 Å². The molecule has 2 unspecified atom stereocenters. The van der Waals surface area contributed by atoms with Crippen LogP contribution < -0.4 is 0 Å². The largest absolute Gasteiger partial charge is 0.385 e. The standard InChI is InChI=1S/C16H24F2N2O/c1-3-5-16-10-14(6-7-15(18)11-17)12-19-13-20(16)8-4-9-21-2/h3,5-7,10,13,15-16H,4,8-9,11-12H2,1-2H3/b5-3-,7-6+. The highest BCUT2D eigenvalue weighted by molar-refractivity contribution is 5.58. The van der Waals surface area contributed by atoms with Gasteiger partial charge in [0.1, 0.15) is 12.8 Å². The molecule has 0 spiro atoms. The van der Waals surface area contributed by atoms with E-state index in [0.717, 1.165) is 18.5 Å². The van der Waals surface area contributed by atoms with Crippen LogP contribution in [0.25, 0.3) is 0 Å². The molecule has 0 bridgehead atoms. The Hall–Kier alpha value is -1.49.